The van der Waals surface area contributed by atoms with E-state index < -0.39 is 6.04 Å². The molecule has 1 aliphatic rings. The number of nitrogens with one attached hydrogen (secondary N) is 2. The fourth-order valence-corrected chi connectivity index (χ4v) is 2.89. The van der Waals surface area contributed by atoms with Crippen LogP contribution in [-0.2, 0) is 9.59 Å². The molecule has 128 valence electrons. The van der Waals surface area contributed by atoms with Crippen molar-refractivity contribution in [2.45, 2.75) is 65.1 Å². The second-order valence-corrected chi connectivity index (χ2v) is 6.70. The third-order valence-electron chi connectivity index (χ3n) is 4.51. The number of hydrogen-bond acceptors (Lipinski definition) is 4. The summed E-state index contributed by atoms with van der Waals surface area (Å²) in [5.41, 5.74) is 5.72. The summed E-state index contributed by atoms with van der Waals surface area (Å²) in [7, 11) is 0. The van der Waals surface area contributed by atoms with Crippen LogP contribution in [0, 0.1) is 5.92 Å². The van der Waals surface area contributed by atoms with Gasteiger partial charge in [-0.1, -0.05) is 20.3 Å². The molecule has 0 aromatic heterocycles. The second kappa shape index (κ2) is 9.10. The van der Waals surface area contributed by atoms with Gasteiger partial charge in [0.15, 0.2) is 0 Å². The summed E-state index contributed by atoms with van der Waals surface area (Å²) in [4.78, 5) is 25.9. The predicted octanol–water partition coefficient (Wildman–Crippen LogP) is 0.465. The highest BCUT2D eigenvalue weighted by Gasteiger charge is 2.24. The fraction of sp³-hybridized carbons (Fsp3) is 0.875. The molecule has 0 saturated carbocycles. The monoisotopic (exact) mass is 312 g/mol. The summed E-state index contributed by atoms with van der Waals surface area (Å²) < 4.78 is 0. The van der Waals surface area contributed by atoms with Gasteiger partial charge in [-0.25, -0.2) is 0 Å². The van der Waals surface area contributed by atoms with Crippen LogP contribution in [0.5, 0.6) is 0 Å². The largest absolute Gasteiger partial charge is 0.353 e. The van der Waals surface area contributed by atoms with Crippen LogP contribution in [0.2, 0.25) is 0 Å². The van der Waals surface area contributed by atoms with E-state index in [1.807, 2.05) is 13.8 Å². The molecule has 1 heterocycles. The molecule has 0 aromatic rings. The molecule has 2 amide bonds. The standard InChI is InChI=1S/C16H32N4O2/c1-11(2)15(17)16(22)19-10-14(21)18-8-9-20-12(3)6-5-7-13(20)4/h11-13,15H,5-10,17H2,1-4H3,(H,18,21)(H,19,22)/t12?,13?,15-/m0/s1. The molecular formula is C16H32N4O2. The van der Waals surface area contributed by atoms with Crippen molar-refractivity contribution in [3.05, 3.63) is 0 Å². The number of nitrogens with two attached hydrogens (primary N) is 1. The van der Waals surface area contributed by atoms with Gasteiger partial charge in [0.25, 0.3) is 0 Å². The minimum atomic E-state index is -0.567. The Labute approximate surface area is 134 Å². The van der Waals surface area contributed by atoms with Crippen LogP contribution in [-0.4, -0.2) is 54.5 Å². The molecule has 0 aromatic carbocycles. The Kier molecular flexibility index (Phi) is 7.82. The molecule has 1 fully saturated rings. The Balaban J connectivity index is 2.22. The van der Waals surface area contributed by atoms with E-state index in [1.165, 1.54) is 19.3 Å². The van der Waals surface area contributed by atoms with Crippen molar-refractivity contribution in [3.63, 3.8) is 0 Å². The van der Waals surface area contributed by atoms with Gasteiger partial charge in [0, 0.05) is 25.2 Å². The number of hydrogen-bond donors (Lipinski definition) is 3. The molecule has 1 saturated heterocycles. The molecule has 22 heavy (non-hydrogen) atoms. The van der Waals surface area contributed by atoms with E-state index in [1.54, 1.807) is 0 Å². The highest BCUT2D eigenvalue weighted by molar-refractivity contribution is 5.87. The zero-order valence-electron chi connectivity index (χ0n) is 14.4. The summed E-state index contributed by atoms with van der Waals surface area (Å²) in [5, 5.41) is 5.44. The van der Waals surface area contributed by atoms with Crippen molar-refractivity contribution in [1.82, 2.24) is 15.5 Å². The average molecular weight is 312 g/mol. The lowest BCUT2D eigenvalue weighted by molar-refractivity contribution is -0.127. The van der Waals surface area contributed by atoms with Crippen LogP contribution in [0.15, 0.2) is 0 Å². The molecule has 0 bridgehead atoms. The number of amides is 2. The van der Waals surface area contributed by atoms with Gasteiger partial charge in [0.2, 0.25) is 11.8 Å². The lowest BCUT2D eigenvalue weighted by Crippen LogP contribution is -2.49. The van der Waals surface area contributed by atoms with Gasteiger partial charge in [0.1, 0.15) is 0 Å². The zero-order valence-corrected chi connectivity index (χ0v) is 14.4. The van der Waals surface area contributed by atoms with Crippen molar-refractivity contribution in [1.29, 1.82) is 0 Å². The van der Waals surface area contributed by atoms with Gasteiger partial charge in [0.05, 0.1) is 12.6 Å². The molecule has 2 unspecified atom stereocenters. The van der Waals surface area contributed by atoms with Crippen LogP contribution in [0.3, 0.4) is 0 Å². The quantitative estimate of drug-likeness (QED) is 0.637. The number of nitrogens with zero attached hydrogens (tertiary/aromatic N) is 1. The Morgan fingerprint density at radius 1 is 1.18 bits per heavy atom. The van der Waals surface area contributed by atoms with Crippen molar-refractivity contribution in [3.8, 4) is 0 Å². The Bertz CT molecular complexity index is 363. The summed E-state index contributed by atoms with van der Waals surface area (Å²) in [6.07, 6.45) is 3.73. The normalized spacial score (nSPS) is 24.1. The van der Waals surface area contributed by atoms with Crippen molar-refractivity contribution >= 4 is 11.8 Å². The summed E-state index contributed by atoms with van der Waals surface area (Å²) in [5.74, 6) is -0.379. The fourth-order valence-electron chi connectivity index (χ4n) is 2.89. The van der Waals surface area contributed by atoms with Crippen LogP contribution in [0.1, 0.15) is 47.0 Å². The first-order valence-corrected chi connectivity index (χ1v) is 8.38. The lowest BCUT2D eigenvalue weighted by Gasteiger charge is -2.39. The van der Waals surface area contributed by atoms with E-state index in [0.717, 1.165) is 6.54 Å². The van der Waals surface area contributed by atoms with Crippen LogP contribution >= 0.6 is 0 Å². The maximum atomic E-state index is 11.8. The topological polar surface area (TPSA) is 87.5 Å². The number of carbonyl (C=O) groups excluding carboxylic acids is 2. The van der Waals surface area contributed by atoms with Crippen LogP contribution in [0.4, 0.5) is 0 Å². The lowest BCUT2D eigenvalue weighted by atomic mass is 9.98. The summed E-state index contributed by atoms with van der Waals surface area (Å²) in [6, 6.07) is 0.580. The van der Waals surface area contributed by atoms with E-state index in [2.05, 4.69) is 29.4 Å². The molecule has 0 spiro atoms. The van der Waals surface area contributed by atoms with Crippen LogP contribution in [0.25, 0.3) is 0 Å². The molecule has 1 aliphatic heterocycles. The van der Waals surface area contributed by atoms with E-state index in [-0.39, 0.29) is 24.3 Å². The number of rotatable bonds is 7. The maximum Gasteiger partial charge on any atom is 0.239 e. The van der Waals surface area contributed by atoms with Gasteiger partial charge in [-0.15, -0.1) is 0 Å². The third-order valence-corrected chi connectivity index (χ3v) is 4.51. The molecule has 4 N–H and O–H groups in total. The average Bonchev–Trinajstić information content (AvgIpc) is 2.46. The number of carbonyl (C=O) groups is 2. The van der Waals surface area contributed by atoms with Gasteiger partial charge < -0.3 is 16.4 Å². The molecule has 6 nitrogen and oxygen atoms in total. The minimum Gasteiger partial charge on any atom is -0.353 e. The van der Waals surface area contributed by atoms with Gasteiger partial charge in [-0.2, -0.15) is 0 Å². The second-order valence-electron chi connectivity index (χ2n) is 6.70. The van der Waals surface area contributed by atoms with E-state index in [9.17, 15) is 9.59 Å². The number of piperidine rings is 1. The third kappa shape index (κ3) is 5.93. The molecule has 1 rings (SSSR count). The Hall–Kier alpha value is -1.14. The Morgan fingerprint density at radius 3 is 2.32 bits per heavy atom. The predicted molar refractivity (Wildman–Crippen MR) is 88.3 cm³/mol. The summed E-state index contributed by atoms with van der Waals surface area (Å²) >= 11 is 0. The molecule has 0 aliphatic carbocycles. The molecule has 0 radical (unpaired) electrons. The highest BCUT2D eigenvalue weighted by atomic mass is 16.2. The highest BCUT2D eigenvalue weighted by Crippen LogP contribution is 2.21. The van der Waals surface area contributed by atoms with E-state index in [4.69, 9.17) is 5.73 Å². The molecular weight excluding hydrogens is 280 g/mol. The number of likely N-dealkylation sites (tertiary alicyclic amines) is 1. The Morgan fingerprint density at radius 2 is 1.77 bits per heavy atom. The van der Waals surface area contributed by atoms with Gasteiger partial charge in [-0.3, -0.25) is 14.5 Å². The first-order chi connectivity index (χ1) is 10.3. The van der Waals surface area contributed by atoms with Gasteiger partial charge >= 0.3 is 0 Å². The maximum absolute atomic E-state index is 11.8. The van der Waals surface area contributed by atoms with Crippen molar-refractivity contribution in [2.24, 2.45) is 11.7 Å². The first kappa shape index (κ1) is 18.9. The van der Waals surface area contributed by atoms with E-state index >= 15 is 0 Å². The van der Waals surface area contributed by atoms with Crippen LogP contribution < -0.4 is 16.4 Å². The zero-order chi connectivity index (χ0) is 16.7. The molecule has 3 atom stereocenters. The SMILES string of the molecule is CC(C)[C@H](N)C(=O)NCC(=O)NCCN1C(C)CCCC1C. The van der Waals surface area contributed by atoms with E-state index in [0.29, 0.717) is 18.6 Å². The molecule has 6 heteroatoms. The summed E-state index contributed by atoms with van der Waals surface area (Å²) in [6.45, 7) is 9.70. The minimum absolute atomic E-state index is 0.00956. The van der Waals surface area contributed by atoms with Gasteiger partial charge in [-0.05, 0) is 32.6 Å². The van der Waals surface area contributed by atoms with Crippen molar-refractivity contribution in [2.75, 3.05) is 19.6 Å². The first-order valence-electron chi connectivity index (χ1n) is 8.38. The van der Waals surface area contributed by atoms with Crippen molar-refractivity contribution < 1.29 is 9.59 Å². The smallest absolute Gasteiger partial charge is 0.239 e.